The molecule has 0 saturated heterocycles. The summed E-state index contributed by atoms with van der Waals surface area (Å²) in [6.07, 6.45) is 2.73. The number of unbranched alkanes of at least 4 members (excludes halogenated alkanes) is 1. The number of hydrogen-bond acceptors (Lipinski definition) is 4. The summed E-state index contributed by atoms with van der Waals surface area (Å²) in [5.41, 5.74) is 1.13. The van der Waals surface area contributed by atoms with Gasteiger partial charge < -0.3 is 14.2 Å². The van der Waals surface area contributed by atoms with Crippen LogP contribution in [0.15, 0.2) is 30.9 Å². The van der Waals surface area contributed by atoms with Gasteiger partial charge in [0, 0.05) is 6.08 Å². The first-order valence-corrected chi connectivity index (χ1v) is 6.24. The van der Waals surface area contributed by atoms with Gasteiger partial charge in [0.25, 0.3) is 0 Å². The highest BCUT2D eigenvalue weighted by atomic mass is 16.5. The molecular formula is C15H20O4. The second-order valence-electron chi connectivity index (χ2n) is 4.08. The first kappa shape index (κ1) is 15.1. The minimum absolute atomic E-state index is 0.388. The van der Waals surface area contributed by atoms with Gasteiger partial charge >= 0.3 is 5.97 Å². The number of carbonyl (C=O) groups is 1. The van der Waals surface area contributed by atoms with E-state index in [-0.39, 0.29) is 5.97 Å². The fourth-order valence-electron chi connectivity index (χ4n) is 1.51. The molecule has 0 N–H and O–H groups in total. The summed E-state index contributed by atoms with van der Waals surface area (Å²) in [6.45, 7) is 6.28. The molecule has 0 heterocycles. The molecule has 0 fully saturated rings. The largest absolute Gasteiger partial charge is 0.493 e. The van der Waals surface area contributed by atoms with Crippen molar-refractivity contribution in [2.24, 2.45) is 0 Å². The zero-order valence-electron chi connectivity index (χ0n) is 11.5. The van der Waals surface area contributed by atoms with Crippen LogP contribution < -0.4 is 9.47 Å². The molecule has 0 radical (unpaired) electrons. The molecule has 0 spiro atoms. The summed E-state index contributed by atoms with van der Waals surface area (Å²) in [7, 11) is 1.62. The van der Waals surface area contributed by atoms with Gasteiger partial charge in [-0.25, -0.2) is 4.79 Å². The SMILES string of the molecule is C=CC(=O)OCCCCOc1ccc(C)cc1OC. The number of esters is 1. The standard InChI is InChI=1S/C15H20O4/c1-4-15(16)19-10-6-5-9-18-13-8-7-12(2)11-14(13)17-3/h4,7-8,11H,1,5-6,9-10H2,2-3H3. The third-order valence-corrected chi connectivity index (χ3v) is 2.53. The first-order valence-electron chi connectivity index (χ1n) is 6.24. The van der Waals surface area contributed by atoms with E-state index in [1.165, 1.54) is 0 Å². The summed E-state index contributed by atoms with van der Waals surface area (Å²) in [5.74, 6) is 1.08. The van der Waals surface area contributed by atoms with Gasteiger partial charge in [-0.05, 0) is 37.5 Å². The average molecular weight is 264 g/mol. The second kappa shape index (κ2) is 8.19. The first-order chi connectivity index (χ1) is 9.17. The van der Waals surface area contributed by atoms with Crippen LogP contribution in [0, 0.1) is 6.92 Å². The van der Waals surface area contributed by atoms with Crippen molar-refractivity contribution in [1.82, 2.24) is 0 Å². The Morgan fingerprint density at radius 3 is 2.68 bits per heavy atom. The topological polar surface area (TPSA) is 44.8 Å². The normalized spacial score (nSPS) is 9.79. The number of methoxy groups -OCH3 is 1. The van der Waals surface area contributed by atoms with E-state index in [1.807, 2.05) is 25.1 Å². The van der Waals surface area contributed by atoms with E-state index in [0.717, 1.165) is 36.0 Å². The zero-order chi connectivity index (χ0) is 14.1. The number of carbonyl (C=O) groups excluding carboxylic acids is 1. The quantitative estimate of drug-likeness (QED) is 0.411. The van der Waals surface area contributed by atoms with E-state index in [9.17, 15) is 4.79 Å². The van der Waals surface area contributed by atoms with E-state index in [1.54, 1.807) is 7.11 Å². The molecule has 0 aliphatic carbocycles. The van der Waals surface area contributed by atoms with Crippen LogP contribution in [-0.4, -0.2) is 26.3 Å². The number of ether oxygens (including phenoxy) is 3. The maximum atomic E-state index is 10.8. The van der Waals surface area contributed by atoms with Crippen molar-refractivity contribution < 1.29 is 19.0 Å². The molecule has 0 unspecified atom stereocenters. The predicted molar refractivity (Wildman–Crippen MR) is 73.6 cm³/mol. The van der Waals surface area contributed by atoms with Crippen molar-refractivity contribution in [3.63, 3.8) is 0 Å². The molecule has 4 nitrogen and oxygen atoms in total. The van der Waals surface area contributed by atoms with Crippen molar-refractivity contribution in [3.05, 3.63) is 36.4 Å². The van der Waals surface area contributed by atoms with Gasteiger partial charge in [-0.3, -0.25) is 0 Å². The van der Waals surface area contributed by atoms with Crippen molar-refractivity contribution in [2.45, 2.75) is 19.8 Å². The molecule has 0 aromatic heterocycles. The van der Waals surface area contributed by atoms with Crippen LogP contribution >= 0.6 is 0 Å². The van der Waals surface area contributed by atoms with E-state index >= 15 is 0 Å². The van der Waals surface area contributed by atoms with Crippen LogP contribution in [0.3, 0.4) is 0 Å². The molecule has 0 saturated carbocycles. The summed E-state index contributed by atoms with van der Waals surface area (Å²) in [6, 6.07) is 5.80. The van der Waals surface area contributed by atoms with Crippen molar-refractivity contribution >= 4 is 5.97 Å². The number of rotatable bonds is 8. The van der Waals surface area contributed by atoms with Crippen molar-refractivity contribution in [1.29, 1.82) is 0 Å². The smallest absolute Gasteiger partial charge is 0.330 e. The van der Waals surface area contributed by atoms with Crippen molar-refractivity contribution in [2.75, 3.05) is 20.3 Å². The summed E-state index contributed by atoms with van der Waals surface area (Å²) >= 11 is 0. The Labute approximate surface area is 114 Å². The third kappa shape index (κ3) is 5.46. The maximum absolute atomic E-state index is 10.8. The zero-order valence-corrected chi connectivity index (χ0v) is 11.5. The molecule has 1 rings (SSSR count). The van der Waals surface area contributed by atoms with E-state index in [0.29, 0.717) is 13.2 Å². The van der Waals surface area contributed by atoms with Gasteiger partial charge in [-0.15, -0.1) is 0 Å². The molecule has 104 valence electrons. The molecule has 0 aliphatic heterocycles. The van der Waals surface area contributed by atoms with Crippen LogP contribution in [0.2, 0.25) is 0 Å². The van der Waals surface area contributed by atoms with Crippen LogP contribution in [0.1, 0.15) is 18.4 Å². The van der Waals surface area contributed by atoms with Gasteiger partial charge in [0.1, 0.15) is 0 Å². The van der Waals surface area contributed by atoms with Gasteiger partial charge in [0.15, 0.2) is 11.5 Å². The Kier molecular flexibility index (Phi) is 6.50. The van der Waals surface area contributed by atoms with Gasteiger partial charge in [0.2, 0.25) is 0 Å². The summed E-state index contributed by atoms with van der Waals surface area (Å²) in [5, 5.41) is 0. The van der Waals surface area contributed by atoms with Gasteiger partial charge in [-0.1, -0.05) is 12.6 Å². The fraction of sp³-hybridized carbons (Fsp3) is 0.400. The van der Waals surface area contributed by atoms with E-state index < -0.39 is 0 Å². The van der Waals surface area contributed by atoms with Gasteiger partial charge in [-0.2, -0.15) is 0 Å². The van der Waals surface area contributed by atoms with Gasteiger partial charge in [0.05, 0.1) is 20.3 Å². The third-order valence-electron chi connectivity index (χ3n) is 2.53. The molecule has 0 bridgehead atoms. The predicted octanol–water partition coefficient (Wildman–Crippen LogP) is 2.89. The molecule has 0 amide bonds. The molecule has 0 aliphatic rings. The Morgan fingerprint density at radius 1 is 1.26 bits per heavy atom. The Morgan fingerprint density at radius 2 is 2.00 bits per heavy atom. The lowest BCUT2D eigenvalue weighted by Gasteiger charge is -2.11. The van der Waals surface area contributed by atoms with E-state index in [4.69, 9.17) is 14.2 Å². The highest BCUT2D eigenvalue weighted by molar-refractivity contribution is 5.81. The van der Waals surface area contributed by atoms with Crippen molar-refractivity contribution in [3.8, 4) is 11.5 Å². The molecule has 0 atom stereocenters. The molecule has 1 aromatic carbocycles. The van der Waals surface area contributed by atoms with E-state index in [2.05, 4.69) is 6.58 Å². The number of benzene rings is 1. The Hall–Kier alpha value is -1.97. The Balaban J connectivity index is 2.26. The number of aryl methyl sites for hydroxylation is 1. The van der Waals surface area contributed by atoms with Crippen LogP contribution in [-0.2, 0) is 9.53 Å². The highest BCUT2D eigenvalue weighted by Gasteiger charge is 2.04. The molecule has 4 heteroatoms. The average Bonchev–Trinajstić information content (AvgIpc) is 2.43. The lowest BCUT2D eigenvalue weighted by molar-refractivity contribution is -0.137. The number of hydrogen-bond donors (Lipinski definition) is 0. The minimum atomic E-state index is -0.388. The lowest BCUT2D eigenvalue weighted by Crippen LogP contribution is -2.05. The van der Waals surface area contributed by atoms with Crippen LogP contribution in [0.25, 0.3) is 0 Å². The second-order valence-corrected chi connectivity index (χ2v) is 4.08. The Bertz CT molecular complexity index is 426. The maximum Gasteiger partial charge on any atom is 0.330 e. The molecular weight excluding hydrogens is 244 g/mol. The lowest BCUT2D eigenvalue weighted by atomic mass is 10.2. The van der Waals surface area contributed by atoms with Crippen LogP contribution in [0.5, 0.6) is 11.5 Å². The molecule has 1 aromatic rings. The monoisotopic (exact) mass is 264 g/mol. The summed E-state index contributed by atoms with van der Waals surface area (Å²) < 4.78 is 15.7. The minimum Gasteiger partial charge on any atom is -0.493 e. The fourth-order valence-corrected chi connectivity index (χ4v) is 1.51. The molecule has 19 heavy (non-hydrogen) atoms. The summed E-state index contributed by atoms with van der Waals surface area (Å²) in [4.78, 5) is 10.8. The van der Waals surface area contributed by atoms with Crippen LogP contribution in [0.4, 0.5) is 0 Å². The highest BCUT2D eigenvalue weighted by Crippen LogP contribution is 2.27.